The third-order valence-electron chi connectivity index (χ3n) is 4.26. The van der Waals surface area contributed by atoms with E-state index in [2.05, 4.69) is 25.9 Å². The number of fused-ring (bicyclic) bond motifs is 1. The Morgan fingerprint density at radius 1 is 1.59 bits per heavy atom. The van der Waals surface area contributed by atoms with Gasteiger partial charge in [-0.1, -0.05) is 32.3 Å². The Morgan fingerprint density at radius 3 is 2.88 bits per heavy atom. The normalized spacial score (nSPS) is 20.1. The standard InChI is InChI=1S/C13H19NO3/c1-4-13(2,3)8-5-6-10-9(7-8)11(12(15)16)14-17-10/h8H,4-7H2,1-3H3,(H,15,16)/t8-/m1/s1. The lowest BCUT2D eigenvalue weighted by atomic mass is 9.69. The van der Waals surface area contributed by atoms with Gasteiger partial charge in [0.1, 0.15) is 5.76 Å². The molecule has 0 aliphatic heterocycles. The van der Waals surface area contributed by atoms with Crippen LogP contribution in [0.15, 0.2) is 4.52 Å². The molecule has 0 saturated carbocycles. The van der Waals surface area contributed by atoms with Gasteiger partial charge in [-0.15, -0.1) is 0 Å². The van der Waals surface area contributed by atoms with Crippen molar-refractivity contribution in [3.05, 3.63) is 17.0 Å². The highest BCUT2D eigenvalue weighted by atomic mass is 16.5. The van der Waals surface area contributed by atoms with Crippen LogP contribution in [0.25, 0.3) is 0 Å². The first-order valence-corrected chi connectivity index (χ1v) is 6.16. The monoisotopic (exact) mass is 237 g/mol. The fraction of sp³-hybridized carbons (Fsp3) is 0.692. The summed E-state index contributed by atoms with van der Waals surface area (Å²) < 4.78 is 5.11. The summed E-state index contributed by atoms with van der Waals surface area (Å²) in [6.07, 6.45) is 3.74. The Labute approximate surface area is 101 Å². The van der Waals surface area contributed by atoms with Gasteiger partial charge in [0.2, 0.25) is 0 Å². The summed E-state index contributed by atoms with van der Waals surface area (Å²) >= 11 is 0. The Morgan fingerprint density at radius 2 is 2.29 bits per heavy atom. The Bertz CT molecular complexity index is 434. The molecule has 0 saturated heterocycles. The summed E-state index contributed by atoms with van der Waals surface area (Å²) in [6, 6.07) is 0. The number of aryl methyl sites for hydroxylation is 1. The molecule has 1 aromatic rings. The second-order valence-electron chi connectivity index (χ2n) is 5.52. The predicted octanol–water partition coefficient (Wildman–Crippen LogP) is 2.91. The van der Waals surface area contributed by atoms with Gasteiger partial charge < -0.3 is 9.63 Å². The van der Waals surface area contributed by atoms with Gasteiger partial charge in [-0.25, -0.2) is 4.79 Å². The fourth-order valence-corrected chi connectivity index (χ4v) is 2.53. The van der Waals surface area contributed by atoms with Gasteiger partial charge in [0.05, 0.1) is 0 Å². The van der Waals surface area contributed by atoms with Crippen LogP contribution in [0.3, 0.4) is 0 Å². The van der Waals surface area contributed by atoms with Crippen LogP contribution in [0.5, 0.6) is 0 Å². The molecule has 1 heterocycles. The van der Waals surface area contributed by atoms with Gasteiger partial charge in [-0.3, -0.25) is 0 Å². The van der Waals surface area contributed by atoms with Gasteiger partial charge in [-0.2, -0.15) is 0 Å². The van der Waals surface area contributed by atoms with E-state index in [4.69, 9.17) is 9.63 Å². The first-order chi connectivity index (χ1) is 7.95. The van der Waals surface area contributed by atoms with Crippen molar-refractivity contribution in [3.63, 3.8) is 0 Å². The number of nitrogens with zero attached hydrogens (tertiary/aromatic N) is 1. The van der Waals surface area contributed by atoms with E-state index >= 15 is 0 Å². The average molecular weight is 237 g/mol. The number of hydrogen-bond donors (Lipinski definition) is 1. The van der Waals surface area contributed by atoms with Gasteiger partial charge in [0.15, 0.2) is 5.69 Å². The predicted molar refractivity (Wildman–Crippen MR) is 63.0 cm³/mol. The molecule has 1 N–H and O–H groups in total. The van der Waals surface area contributed by atoms with Crippen LogP contribution in [-0.4, -0.2) is 16.2 Å². The highest BCUT2D eigenvalue weighted by molar-refractivity contribution is 5.87. The van der Waals surface area contributed by atoms with Crippen LogP contribution in [0.1, 0.15) is 55.4 Å². The molecule has 1 atom stereocenters. The zero-order valence-corrected chi connectivity index (χ0v) is 10.6. The van der Waals surface area contributed by atoms with Crippen LogP contribution in [0.2, 0.25) is 0 Å². The molecule has 0 bridgehead atoms. The minimum atomic E-state index is -0.982. The number of carboxylic acid groups (broad SMARTS) is 1. The molecule has 94 valence electrons. The molecule has 0 aromatic carbocycles. The van der Waals surface area contributed by atoms with E-state index < -0.39 is 5.97 Å². The summed E-state index contributed by atoms with van der Waals surface area (Å²) in [5, 5.41) is 12.7. The first kappa shape index (κ1) is 12.1. The van der Waals surface area contributed by atoms with Crippen LogP contribution in [0.4, 0.5) is 0 Å². The maximum Gasteiger partial charge on any atom is 0.358 e. The number of rotatable bonds is 3. The highest BCUT2D eigenvalue weighted by Gasteiger charge is 2.35. The number of carbonyl (C=O) groups is 1. The zero-order valence-electron chi connectivity index (χ0n) is 10.6. The molecule has 0 spiro atoms. The maximum atomic E-state index is 11.0. The van der Waals surface area contributed by atoms with Crippen molar-refractivity contribution in [3.8, 4) is 0 Å². The molecule has 17 heavy (non-hydrogen) atoms. The molecule has 1 aromatic heterocycles. The lowest BCUT2D eigenvalue weighted by Crippen LogP contribution is -2.29. The molecule has 4 heteroatoms. The van der Waals surface area contributed by atoms with Crippen molar-refractivity contribution in [1.82, 2.24) is 5.16 Å². The van der Waals surface area contributed by atoms with Crippen LogP contribution < -0.4 is 0 Å². The van der Waals surface area contributed by atoms with Gasteiger partial charge in [0.25, 0.3) is 0 Å². The van der Waals surface area contributed by atoms with Crippen LogP contribution >= 0.6 is 0 Å². The van der Waals surface area contributed by atoms with E-state index in [1.54, 1.807) is 0 Å². The average Bonchev–Trinajstić information content (AvgIpc) is 2.71. The van der Waals surface area contributed by atoms with E-state index in [1.807, 2.05) is 0 Å². The minimum Gasteiger partial charge on any atom is -0.476 e. The molecule has 2 rings (SSSR count). The van der Waals surface area contributed by atoms with Crippen LogP contribution in [0, 0.1) is 11.3 Å². The van der Waals surface area contributed by atoms with Crippen molar-refractivity contribution in [1.29, 1.82) is 0 Å². The molecule has 0 amide bonds. The van der Waals surface area contributed by atoms with E-state index in [9.17, 15) is 4.79 Å². The van der Waals surface area contributed by atoms with Crippen molar-refractivity contribution in [2.45, 2.75) is 46.5 Å². The largest absolute Gasteiger partial charge is 0.476 e. The molecule has 1 aliphatic carbocycles. The van der Waals surface area contributed by atoms with Crippen molar-refractivity contribution >= 4 is 5.97 Å². The van der Waals surface area contributed by atoms with E-state index in [0.29, 0.717) is 5.92 Å². The van der Waals surface area contributed by atoms with Crippen molar-refractivity contribution in [2.24, 2.45) is 11.3 Å². The highest BCUT2D eigenvalue weighted by Crippen LogP contribution is 2.40. The summed E-state index contributed by atoms with van der Waals surface area (Å²) in [7, 11) is 0. The third-order valence-corrected chi connectivity index (χ3v) is 4.26. The van der Waals surface area contributed by atoms with E-state index in [-0.39, 0.29) is 11.1 Å². The molecule has 0 unspecified atom stereocenters. The SMILES string of the molecule is CCC(C)(C)[C@@H]1CCc2onc(C(=O)O)c2C1. The lowest BCUT2D eigenvalue weighted by Gasteiger charge is -2.35. The van der Waals surface area contributed by atoms with Crippen LogP contribution in [-0.2, 0) is 12.8 Å². The Hall–Kier alpha value is -1.32. The smallest absolute Gasteiger partial charge is 0.358 e. The van der Waals surface area contributed by atoms with E-state index in [0.717, 1.165) is 37.0 Å². The van der Waals surface area contributed by atoms with E-state index in [1.165, 1.54) is 0 Å². The zero-order chi connectivity index (χ0) is 12.6. The molecular weight excluding hydrogens is 218 g/mol. The first-order valence-electron chi connectivity index (χ1n) is 6.16. The quantitative estimate of drug-likeness (QED) is 0.877. The minimum absolute atomic E-state index is 0.108. The Kier molecular flexibility index (Phi) is 2.98. The van der Waals surface area contributed by atoms with Gasteiger partial charge in [0, 0.05) is 12.0 Å². The number of aromatic nitrogens is 1. The lowest BCUT2D eigenvalue weighted by molar-refractivity contribution is 0.0684. The summed E-state index contributed by atoms with van der Waals surface area (Å²) in [4.78, 5) is 11.0. The summed E-state index contributed by atoms with van der Waals surface area (Å²) in [5.41, 5.74) is 1.16. The number of hydrogen-bond acceptors (Lipinski definition) is 3. The fourth-order valence-electron chi connectivity index (χ4n) is 2.53. The van der Waals surface area contributed by atoms with Gasteiger partial charge >= 0.3 is 5.97 Å². The third kappa shape index (κ3) is 2.08. The molecule has 0 radical (unpaired) electrons. The van der Waals surface area contributed by atoms with Gasteiger partial charge in [-0.05, 0) is 24.2 Å². The molecule has 1 aliphatic rings. The maximum absolute atomic E-state index is 11.0. The molecule has 4 nitrogen and oxygen atoms in total. The summed E-state index contributed by atoms with van der Waals surface area (Å²) in [6.45, 7) is 6.68. The second kappa shape index (κ2) is 4.17. The number of aromatic carboxylic acids is 1. The Balaban J connectivity index is 2.28. The number of carboxylic acids is 1. The van der Waals surface area contributed by atoms with Crippen molar-refractivity contribution in [2.75, 3.05) is 0 Å². The second-order valence-corrected chi connectivity index (χ2v) is 5.52. The molecule has 0 fully saturated rings. The topological polar surface area (TPSA) is 63.3 Å². The van der Waals surface area contributed by atoms with Crippen molar-refractivity contribution < 1.29 is 14.4 Å². The molecular formula is C13H19NO3. The summed E-state index contributed by atoms with van der Waals surface area (Å²) in [5.74, 6) is 0.299.